The van der Waals surface area contributed by atoms with E-state index in [0.717, 1.165) is 5.56 Å². The number of sulfonamides is 1. The van der Waals surface area contributed by atoms with Gasteiger partial charge in [0.25, 0.3) is 0 Å². The molecule has 8 heteroatoms. The number of hydrogen-bond acceptors (Lipinski definition) is 4. The third-order valence-electron chi connectivity index (χ3n) is 4.65. The standard InChI is InChI=1S/C18H27N3O4S/c1-13(2)8-19-18(22)20-9-15-11-21(12-16(10-20)25-15)26(23,24)17-6-4-14(3)5-7-17/h4-7,13,15-16H,8-12H2,1-3H3,(H,19,22). The summed E-state index contributed by atoms with van der Waals surface area (Å²) in [5.41, 5.74) is 1.02. The minimum atomic E-state index is -3.55. The number of nitrogens with one attached hydrogen (secondary N) is 1. The highest BCUT2D eigenvalue weighted by Gasteiger charge is 2.41. The molecule has 2 aliphatic rings. The predicted molar refractivity (Wildman–Crippen MR) is 98.4 cm³/mol. The first-order chi connectivity index (χ1) is 12.3. The number of fused-ring (bicyclic) bond motifs is 2. The van der Waals surface area contributed by atoms with Crippen LogP contribution < -0.4 is 5.32 Å². The van der Waals surface area contributed by atoms with Gasteiger partial charge in [0.2, 0.25) is 10.0 Å². The van der Waals surface area contributed by atoms with Gasteiger partial charge in [0.05, 0.1) is 30.2 Å². The van der Waals surface area contributed by atoms with Crippen molar-refractivity contribution < 1.29 is 17.9 Å². The minimum absolute atomic E-state index is 0.105. The number of carbonyl (C=O) groups is 1. The summed E-state index contributed by atoms with van der Waals surface area (Å²) in [4.78, 5) is 14.3. The molecule has 1 aromatic rings. The molecule has 2 heterocycles. The molecule has 2 bridgehead atoms. The molecule has 144 valence electrons. The van der Waals surface area contributed by atoms with Crippen LogP contribution in [0.3, 0.4) is 0 Å². The van der Waals surface area contributed by atoms with Crippen LogP contribution in [0, 0.1) is 12.8 Å². The maximum absolute atomic E-state index is 12.9. The summed E-state index contributed by atoms with van der Waals surface area (Å²) in [6.07, 6.45) is -0.597. The van der Waals surface area contributed by atoms with Gasteiger partial charge in [0.15, 0.2) is 0 Å². The maximum Gasteiger partial charge on any atom is 0.317 e. The number of urea groups is 1. The molecule has 2 amide bonds. The van der Waals surface area contributed by atoms with Gasteiger partial charge < -0.3 is 15.0 Å². The normalized spacial score (nSPS) is 23.9. The third kappa shape index (κ3) is 4.19. The van der Waals surface area contributed by atoms with Gasteiger partial charge in [0, 0.05) is 19.6 Å². The predicted octanol–water partition coefficient (Wildman–Crippen LogP) is 1.43. The van der Waals surface area contributed by atoms with E-state index in [-0.39, 0.29) is 31.3 Å². The third-order valence-corrected chi connectivity index (χ3v) is 6.50. The molecule has 1 aromatic carbocycles. The molecule has 0 aromatic heterocycles. The topological polar surface area (TPSA) is 79.0 Å². The Morgan fingerprint density at radius 1 is 1.15 bits per heavy atom. The van der Waals surface area contributed by atoms with Crippen LogP contribution in [-0.4, -0.2) is 68.6 Å². The number of nitrogens with zero attached hydrogens (tertiary/aromatic N) is 2. The van der Waals surface area contributed by atoms with Gasteiger partial charge in [-0.1, -0.05) is 31.5 Å². The molecule has 26 heavy (non-hydrogen) atoms. The van der Waals surface area contributed by atoms with Gasteiger partial charge in [-0.15, -0.1) is 0 Å². The highest BCUT2D eigenvalue weighted by molar-refractivity contribution is 7.89. The van der Waals surface area contributed by atoms with Crippen molar-refractivity contribution in [2.75, 3.05) is 32.7 Å². The average molecular weight is 381 g/mol. The van der Waals surface area contributed by atoms with Crippen molar-refractivity contribution in [3.63, 3.8) is 0 Å². The number of morpholine rings is 2. The number of aryl methyl sites for hydroxylation is 1. The lowest BCUT2D eigenvalue weighted by Gasteiger charge is -2.45. The number of amides is 2. The zero-order valence-electron chi connectivity index (χ0n) is 15.5. The van der Waals surface area contributed by atoms with E-state index in [1.54, 1.807) is 29.2 Å². The van der Waals surface area contributed by atoms with Gasteiger partial charge in [-0.05, 0) is 25.0 Å². The van der Waals surface area contributed by atoms with Gasteiger partial charge in [0.1, 0.15) is 0 Å². The number of rotatable bonds is 4. The molecule has 2 unspecified atom stereocenters. The largest absolute Gasteiger partial charge is 0.369 e. The Kier molecular flexibility index (Phi) is 5.55. The molecule has 0 aliphatic carbocycles. The average Bonchev–Trinajstić information content (AvgIpc) is 2.59. The van der Waals surface area contributed by atoms with Crippen molar-refractivity contribution in [1.82, 2.24) is 14.5 Å². The number of carbonyl (C=O) groups excluding carboxylic acids is 1. The van der Waals surface area contributed by atoms with Crippen LogP contribution in [0.4, 0.5) is 4.79 Å². The monoisotopic (exact) mass is 381 g/mol. The first-order valence-corrected chi connectivity index (χ1v) is 10.4. The van der Waals surface area contributed by atoms with Crippen molar-refractivity contribution in [2.45, 2.75) is 37.9 Å². The minimum Gasteiger partial charge on any atom is -0.369 e. The number of hydrogen-bond donors (Lipinski definition) is 1. The van der Waals surface area contributed by atoms with Gasteiger partial charge >= 0.3 is 6.03 Å². The van der Waals surface area contributed by atoms with E-state index in [1.165, 1.54) is 4.31 Å². The van der Waals surface area contributed by atoms with Crippen molar-refractivity contribution >= 4 is 16.1 Å². The Balaban J connectivity index is 1.66. The number of ether oxygens (including phenoxy) is 1. The summed E-state index contributed by atoms with van der Waals surface area (Å²) in [6.45, 7) is 7.97. The van der Waals surface area contributed by atoms with Gasteiger partial charge in [-0.2, -0.15) is 4.31 Å². The van der Waals surface area contributed by atoms with Crippen LogP contribution in [0.5, 0.6) is 0 Å². The Morgan fingerprint density at radius 2 is 1.73 bits per heavy atom. The summed E-state index contributed by atoms with van der Waals surface area (Å²) >= 11 is 0. The van der Waals surface area contributed by atoms with Crippen LogP contribution in [0.15, 0.2) is 29.2 Å². The Morgan fingerprint density at radius 3 is 2.27 bits per heavy atom. The summed E-state index contributed by atoms with van der Waals surface area (Å²) in [7, 11) is -3.55. The summed E-state index contributed by atoms with van der Waals surface area (Å²) in [6, 6.07) is 6.78. The second-order valence-electron chi connectivity index (χ2n) is 7.50. The van der Waals surface area contributed by atoms with E-state index < -0.39 is 10.0 Å². The molecular formula is C18H27N3O4S. The highest BCUT2D eigenvalue weighted by Crippen LogP contribution is 2.25. The van der Waals surface area contributed by atoms with Crippen LogP contribution in [0.1, 0.15) is 19.4 Å². The van der Waals surface area contributed by atoms with Gasteiger partial charge in [-0.3, -0.25) is 0 Å². The molecule has 0 spiro atoms. The number of benzene rings is 1. The Labute approximate surface area is 155 Å². The fourth-order valence-electron chi connectivity index (χ4n) is 3.28. The Hall–Kier alpha value is -1.64. The molecule has 0 saturated carbocycles. The van der Waals surface area contributed by atoms with Crippen LogP contribution in [0.25, 0.3) is 0 Å². The van der Waals surface area contributed by atoms with E-state index in [0.29, 0.717) is 30.4 Å². The molecule has 1 N–H and O–H groups in total. The van der Waals surface area contributed by atoms with E-state index in [9.17, 15) is 13.2 Å². The Bertz CT molecular complexity index is 734. The molecule has 0 radical (unpaired) electrons. The highest BCUT2D eigenvalue weighted by atomic mass is 32.2. The molecular weight excluding hydrogens is 354 g/mol. The van der Waals surface area contributed by atoms with Crippen molar-refractivity contribution in [2.24, 2.45) is 5.92 Å². The van der Waals surface area contributed by atoms with Gasteiger partial charge in [-0.25, -0.2) is 13.2 Å². The van der Waals surface area contributed by atoms with Crippen LogP contribution in [-0.2, 0) is 14.8 Å². The van der Waals surface area contributed by atoms with Crippen molar-refractivity contribution in [1.29, 1.82) is 0 Å². The maximum atomic E-state index is 12.9. The molecule has 2 saturated heterocycles. The lowest BCUT2D eigenvalue weighted by Crippen LogP contribution is -2.62. The van der Waals surface area contributed by atoms with E-state index in [4.69, 9.17) is 4.74 Å². The fraction of sp³-hybridized carbons (Fsp3) is 0.611. The molecule has 2 aliphatic heterocycles. The molecule has 3 rings (SSSR count). The molecule has 2 fully saturated rings. The van der Waals surface area contributed by atoms with Crippen LogP contribution in [0.2, 0.25) is 0 Å². The van der Waals surface area contributed by atoms with Crippen molar-refractivity contribution in [3.8, 4) is 0 Å². The first-order valence-electron chi connectivity index (χ1n) is 9.00. The zero-order valence-corrected chi connectivity index (χ0v) is 16.3. The lowest BCUT2D eigenvalue weighted by atomic mass is 10.1. The summed E-state index contributed by atoms with van der Waals surface area (Å²) < 4.78 is 33.2. The van der Waals surface area contributed by atoms with E-state index in [2.05, 4.69) is 5.32 Å². The summed E-state index contributed by atoms with van der Waals surface area (Å²) in [5, 5.41) is 2.91. The molecule has 2 atom stereocenters. The van der Waals surface area contributed by atoms with Crippen molar-refractivity contribution in [3.05, 3.63) is 29.8 Å². The molecule has 7 nitrogen and oxygen atoms in total. The second-order valence-corrected chi connectivity index (χ2v) is 9.44. The quantitative estimate of drug-likeness (QED) is 0.856. The van der Waals surface area contributed by atoms with Crippen LogP contribution >= 0.6 is 0 Å². The van der Waals surface area contributed by atoms with E-state index in [1.807, 2.05) is 20.8 Å². The SMILES string of the molecule is Cc1ccc(S(=O)(=O)N2CC3CN(C(=O)NCC(C)C)CC(C2)O3)cc1. The first kappa shape index (κ1) is 19.1. The second kappa shape index (κ2) is 7.54. The lowest BCUT2D eigenvalue weighted by molar-refractivity contribution is -0.111. The smallest absolute Gasteiger partial charge is 0.317 e. The zero-order chi connectivity index (χ0) is 18.9. The fourth-order valence-corrected chi connectivity index (χ4v) is 4.78. The summed E-state index contributed by atoms with van der Waals surface area (Å²) in [5.74, 6) is 0.384. The van der Waals surface area contributed by atoms with E-state index >= 15 is 0 Å².